The van der Waals surface area contributed by atoms with Crippen molar-refractivity contribution in [1.82, 2.24) is 0 Å². The van der Waals surface area contributed by atoms with Crippen molar-refractivity contribution in [2.24, 2.45) is 0 Å². The lowest BCUT2D eigenvalue weighted by molar-refractivity contribution is 0.103. The van der Waals surface area contributed by atoms with Gasteiger partial charge in [-0.2, -0.15) is 0 Å². The van der Waals surface area contributed by atoms with E-state index in [9.17, 15) is 9.18 Å². The van der Waals surface area contributed by atoms with Crippen molar-refractivity contribution in [1.29, 1.82) is 0 Å². The zero-order valence-corrected chi connectivity index (χ0v) is 14.2. The Morgan fingerprint density at radius 2 is 2.04 bits per heavy atom. The third-order valence-corrected chi connectivity index (χ3v) is 3.94. The van der Waals surface area contributed by atoms with Crippen LogP contribution in [0.3, 0.4) is 0 Å². The number of methoxy groups -OCH3 is 1. The van der Waals surface area contributed by atoms with Crippen LogP contribution in [0.15, 0.2) is 42.0 Å². The highest BCUT2D eigenvalue weighted by atomic mass is 19.1. The molecule has 0 aliphatic carbocycles. The number of carbonyl (C=O) groups is 1. The van der Waals surface area contributed by atoms with Crippen molar-refractivity contribution in [3.63, 3.8) is 0 Å². The smallest absolute Gasteiger partial charge is 0.192 e. The number of hydrogen-bond acceptors (Lipinski definition) is 4. The van der Waals surface area contributed by atoms with E-state index in [1.165, 1.54) is 18.2 Å². The molecule has 1 aliphatic rings. The van der Waals surface area contributed by atoms with E-state index in [-0.39, 0.29) is 11.3 Å². The molecule has 2 aromatic rings. The van der Waals surface area contributed by atoms with E-state index in [2.05, 4.69) is 0 Å². The summed E-state index contributed by atoms with van der Waals surface area (Å²) >= 11 is 0. The molecular formula is C20H19FO4. The van der Waals surface area contributed by atoms with Crippen molar-refractivity contribution in [2.45, 2.75) is 13.3 Å². The van der Waals surface area contributed by atoms with Crippen molar-refractivity contribution in [3.8, 4) is 17.2 Å². The van der Waals surface area contributed by atoms with E-state index >= 15 is 0 Å². The number of benzene rings is 2. The Hall–Kier alpha value is -2.82. The summed E-state index contributed by atoms with van der Waals surface area (Å²) in [4.78, 5) is 12.7. The van der Waals surface area contributed by atoms with Gasteiger partial charge in [0.1, 0.15) is 11.6 Å². The number of carbonyl (C=O) groups excluding carboxylic acids is 1. The van der Waals surface area contributed by atoms with Gasteiger partial charge in [-0.3, -0.25) is 4.79 Å². The van der Waals surface area contributed by atoms with Crippen LogP contribution < -0.4 is 14.2 Å². The van der Waals surface area contributed by atoms with Crippen LogP contribution in [0.4, 0.5) is 4.39 Å². The van der Waals surface area contributed by atoms with Gasteiger partial charge in [0, 0.05) is 12.0 Å². The molecule has 0 N–H and O–H groups in total. The lowest BCUT2D eigenvalue weighted by Gasteiger charge is -2.10. The van der Waals surface area contributed by atoms with Gasteiger partial charge in [0.15, 0.2) is 17.3 Å². The highest BCUT2D eigenvalue weighted by Gasteiger charge is 2.22. The Labute approximate surface area is 145 Å². The summed E-state index contributed by atoms with van der Waals surface area (Å²) in [5.41, 5.74) is 1.63. The Morgan fingerprint density at radius 3 is 2.80 bits per heavy atom. The van der Waals surface area contributed by atoms with Gasteiger partial charge in [-0.1, -0.05) is 6.07 Å². The molecule has 0 atom stereocenters. The van der Waals surface area contributed by atoms with Crippen LogP contribution in [-0.2, 0) is 0 Å². The molecule has 0 saturated carbocycles. The molecule has 3 rings (SSSR count). The second-order valence-corrected chi connectivity index (χ2v) is 5.58. The SMILES string of the molecule is CCOc1ccc(/C=C2\CCOc3ccc(F)cc3C2=O)cc1OC. The van der Waals surface area contributed by atoms with Gasteiger partial charge < -0.3 is 14.2 Å². The van der Waals surface area contributed by atoms with Crippen molar-refractivity contribution in [2.75, 3.05) is 20.3 Å². The Morgan fingerprint density at radius 1 is 1.20 bits per heavy atom. The summed E-state index contributed by atoms with van der Waals surface area (Å²) < 4.78 is 29.9. The number of ketones is 1. The average molecular weight is 342 g/mol. The average Bonchev–Trinajstić information content (AvgIpc) is 2.76. The molecule has 0 radical (unpaired) electrons. The van der Waals surface area contributed by atoms with Crippen molar-refractivity contribution >= 4 is 11.9 Å². The quantitative estimate of drug-likeness (QED) is 0.778. The molecule has 0 bridgehead atoms. The summed E-state index contributed by atoms with van der Waals surface area (Å²) in [5.74, 6) is 0.980. The first-order valence-electron chi connectivity index (χ1n) is 8.11. The van der Waals surface area contributed by atoms with Crippen LogP contribution in [0.2, 0.25) is 0 Å². The zero-order chi connectivity index (χ0) is 17.8. The minimum atomic E-state index is -0.459. The van der Waals surface area contributed by atoms with Gasteiger partial charge in [0.25, 0.3) is 0 Å². The van der Waals surface area contributed by atoms with Crippen LogP contribution in [0, 0.1) is 5.82 Å². The fourth-order valence-corrected chi connectivity index (χ4v) is 2.75. The van der Waals surface area contributed by atoms with Crippen LogP contribution in [0.5, 0.6) is 17.2 Å². The summed E-state index contributed by atoms with van der Waals surface area (Å²) in [6.45, 7) is 2.80. The molecule has 0 spiro atoms. The molecule has 130 valence electrons. The maximum atomic E-state index is 13.5. The second kappa shape index (κ2) is 7.38. The van der Waals surface area contributed by atoms with Gasteiger partial charge >= 0.3 is 0 Å². The molecule has 0 fully saturated rings. The Kier molecular flexibility index (Phi) is 5.03. The van der Waals surface area contributed by atoms with Crippen LogP contribution >= 0.6 is 0 Å². The number of hydrogen-bond donors (Lipinski definition) is 0. The van der Waals surface area contributed by atoms with Gasteiger partial charge in [-0.25, -0.2) is 4.39 Å². The maximum Gasteiger partial charge on any atom is 0.192 e. The number of rotatable bonds is 4. The molecule has 4 nitrogen and oxygen atoms in total. The van der Waals surface area contributed by atoms with Crippen LogP contribution in [0.25, 0.3) is 6.08 Å². The summed E-state index contributed by atoms with van der Waals surface area (Å²) in [5, 5.41) is 0. The van der Waals surface area contributed by atoms with E-state index in [1.54, 1.807) is 19.3 Å². The molecule has 0 unspecified atom stereocenters. The van der Waals surface area contributed by atoms with Crippen molar-refractivity contribution in [3.05, 3.63) is 58.9 Å². The summed E-state index contributed by atoms with van der Waals surface area (Å²) in [6, 6.07) is 9.47. The van der Waals surface area contributed by atoms with E-state index in [4.69, 9.17) is 14.2 Å². The monoisotopic (exact) mass is 342 g/mol. The molecule has 0 aromatic heterocycles. The fourth-order valence-electron chi connectivity index (χ4n) is 2.75. The molecular weight excluding hydrogens is 323 g/mol. The third-order valence-electron chi connectivity index (χ3n) is 3.94. The Bertz CT molecular complexity index is 826. The van der Waals surface area contributed by atoms with E-state index in [0.717, 1.165) is 5.56 Å². The molecule has 25 heavy (non-hydrogen) atoms. The van der Waals surface area contributed by atoms with E-state index < -0.39 is 5.82 Å². The number of halogens is 1. The second-order valence-electron chi connectivity index (χ2n) is 5.58. The topological polar surface area (TPSA) is 44.8 Å². The lowest BCUT2D eigenvalue weighted by Crippen LogP contribution is -2.03. The first kappa shape index (κ1) is 17.0. The van der Waals surface area contributed by atoms with Gasteiger partial charge in [-0.15, -0.1) is 0 Å². The predicted octanol–water partition coefficient (Wildman–Crippen LogP) is 4.28. The number of Topliss-reactive ketones (excluding diaryl/α,β-unsaturated/α-hetero) is 1. The van der Waals surface area contributed by atoms with Crippen LogP contribution in [0.1, 0.15) is 29.3 Å². The lowest BCUT2D eigenvalue weighted by atomic mass is 9.99. The largest absolute Gasteiger partial charge is 0.493 e. The highest BCUT2D eigenvalue weighted by molar-refractivity contribution is 6.13. The summed E-state index contributed by atoms with van der Waals surface area (Å²) in [6.07, 6.45) is 2.23. The molecule has 0 amide bonds. The van der Waals surface area contributed by atoms with Crippen molar-refractivity contribution < 1.29 is 23.4 Å². The highest BCUT2D eigenvalue weighted by Crippen LogP contribution is 2.31. The zero-order valence-electron chi connectivity index (χ0n) is 14.2. The third kappa shape index (κ3) is 3.65. The van der Waals surface area contributed by atoms with E-state index in [1.807, 2.05) is 19.1 Å². The maximum absolute atomic E-state index is 13.5. The molecule has 1 aliphatic heterocycles. The molecule has 5 heteroatoms. The van der Waals surface area contributed by atoms with E-state index in [0.29, 0.717) is 42.5 Å². The summed E-state index contributed by atoms with van der Waals surface area (Å²) in [7, 11) is 1.57. The van der Waals surface area contributed by atoms with Crippen LogP contribution in [-0.4, -0.2) is 26.1 Å². The predicted molar refractivity (Wildman–Crippen MR) is 93.0 cm³/mol. The van der Waals surface area contributed by atoms with Gasteiger partial charge in [0.05, 0.1) is 25.9 Å². The first-order valence-corrected chi connectivity index (χ1v) is 8.11. The standard InChI is InChI=1S/C20H19FO4/c1-3-24-18-6-4-13(11-19(18)23-2)10-14-8-9-25-17-7-5-15(21)12-16(17)20(14)22/h4-7,10-12H,3,8-9H2,1-2H3/b14-10+. The minimum Gasteiger partial charge on any atom is -0.493 e. The normalized spacial score (nSPS) is 15.3. The van der Waals surface area contributed by atoms with Gasteiger partial charge in [0.2, 0.25) is 0 Å². The minimum absolute atomic E-state index is 0.222. The van der Waals surface area contributed by atoms with Gasteiger partial charge in [-0.05, 0) is 48.9 Å². The Balaban J connectivity index is 1.96. The number of fused-ring (bicyclic) bond motifs is 1. The fraction of sp³-hybridized carbons (Fsp3) is 0.250. The molecule has 2 aromatic carbocycles. The first-order chi connectivity index (χ1) is 12.1. The molecule has 1 heterocycles. The number of ether oxygens (including phenoxy) is 3. The molecule has 0 saturated heterocycles.